The molecule has 30 heavy (non-hydrogen) atoms. The molecule has 0 amide bonds. The Balaban J connectivity index is 1.16. The maximum atomic E-state index is 5.87. The third-order valence-electron chi connectivity index (χ3n) is 6.74. The van der Waals surface area contributed by atoms with E-state index in [4.69, 9.17) is 9.47 Å². The topological polar surface area (TPSA) is 24.9 Å². The molecule has 162 valence electrons. The normalized spacial score (nSPS) is 19.6. The standard InChI is InChI=1S/C26H36N2O2/c1-20-15-23-10-13-28(19-24(23)16-21(20)2)18-22-9-12-27(17-22)11-4-14-30-26-7-5-25(29-3)6-8-26/h5-8,15-16,22H,4,9-14,17-19H2,1-3H3. The molecule has 2 aromatic rings. The molecular weight excluding hydrogens is 372 g/mol. The quantitative estimate of drug-likeness (QED) is 0.602. The molecule has 1 saturated heterocycles. The van der Waals surface area contributed by atoms with Gasteiger partial charge in [-0.15, -0.1) is 0 Å². The summed E-state index contributed by atoms with van der Waals surface area (Å²) in [6, 6.07) is 12.7. The van der Waals surface area contributed by atoms with Gasteiger partial charge < -0.3 is 14.4 Å². The molecule has 1 atom stereocenters. The first-order valence-corrected chi connectivity index (χ1v) is 11.4. The number of aryl methyl sites for hydroxylation is 2. The molecule has 0 aliphatic carbocycles. The highest BCUT2D eigenvalue weighted by Gasteiger charge is 2.26. The molecule has 0 bridgehead atoms. The number of hydrogen-bond acceptors (Lipinski definition) is 4. The molecular formula is C26H36N2O2. The van der Waals surface area contributed by atoms with Crippen LogP contribution in [0.3, 0.4) is 0 Å². The predicted octanol–water partition coefficient (Wildman–Crippen LogP) is 4.46. The Kier molecular flexibility index (Phi) is 6.96. The van der Waals surface area contributed by atoms with Gasteiger partial charge in [0.05, 0.1) is 13.7 Å². The van der Waals surface area contributed by atoms with E-state index in [0.29, 0.717) is 0 Å². The van der Waals surface area contributed by atoms with Crippen LogP contribution < -0.4 is 9.47 Å². The fourth-order valence-corrected chi connectivity index (χ4v) is 4.85. The summed E-state index contributed by atoms with van der Waals surface area (Å²) < 4.78 is 11.1. The lowest BCUT2D eigenvalue weighted by atomic mass is 9.94. The Morgan fingerprint density at radius 1 is 0.933 bits per heavy atom. The molecule has 2 aromatic carbocycles. The van der Waals surface area contributed by atoms with E-state index in [2.05, 4.69) is 35.8 Å². The Bertz CT molecular complexity index is 834. The Hall–Kier alpha value is -2.04. The molecule has 2 heterocycles. The zero-order chi connectivity index (χ0) is 20.9. The lowest BCUT2D eigenvalue weighted by molar-refractivity contribution is 0.206. The van der Waals surface area contributed by atoms with Gasteiger partial charge in [-0.1, -0.05) is 12.1 Å². The second kappa shape index (κ2) is 9.84. The van der Waals surface area contributed by atoms with E-state index in [1.54, 1.807) is 18.2 Å². The molecule has 0 spiro atoms. The van der Waals surface area contributed by atoms with Crippen LogP contribution >= 0.6 is 0 Å². The van der Waals surface area contributed by atoms with E-state index in [1.165, 1.54) is 50.1 Å². The average molecular weight is 409 g/mol. The Morgan fingerprint density at radius 2 is 1.67 bits per heavy atom. The molecule has 0 radical (unpaired) electrons. The van der Waals surface area contributed by atoms with Crippen molar-refractivity contribution < 1.29 is 9.47 Å². The number of ether oxygens (including phenoxy) is 2. The minimum absolute atomic E-state index is 0.773. The molecule has 0 N–H and O–H groups in total. The predicted molar refractivity (Wildman–Crippen MR) is 123 cm³/mol. The number of hydrogen-bond donors (Lipinski definition) is 0. The van der Waals surface area contributed by atoms with Gasteiger partial charge >= 0.3 is 0 Å². The summed E-state index contributed by atoms with van der Waals surface area (Å²) in [4.78, 5) is 5.30. The van der Waals surface area contributed by atoms with Crippen molar-refractivity contribution in [3.05, 3.63) is 58.7 Å². The minimum atomic E-state index is 0.773. The first-order chi connectivity index (χ1) is 14.6. The number of benzene rings is 2. The summed E-state index contributed by atoms with van der Waals surface area (Å²) in [5.41, 5.74) is 5.98. The van der Waals surface area contributed by atoms with Crippen molar-refractivity contribution in [3.63, 3.8) is 0 Å². The van der Waals surface area contributed by atoms with Crippen LogP contribution in [0, 0.1) is 19.8 Å². The summed E-state index contributed by atoms with van der Waals surface area (Å²) in [5, 5.41) is 0. The van der Waals surface area contributed by atoms with Gasteiger partial charge in [-0.25, -0.2) is 0 Å². The minimum Gasteiger partial charge on any atom is -0.497 e. The number of rotatable bonds is 8. The van der Waals surface area contributed by atoms with Gasteiger partial charge in [0.2, 0.25) is 0 Å². The van der Waals surface area contributed by atoms with Crippen molar-refractivity contribution in [2.75, 3.05) is 46.4 Å². The Morgan fingerprint density at radius 3 is 2.43 bits per heavy atom. The molecule has 4 nitrogen and oxygen atoms in total. The fraction of sp³-hybridized carbons (Fsp3) is 0.538. The summed E-state index contributed by atoms with van der Waals surface area (Å²) in [6.07, 6.45) is 3.61. The molecule has 0 saturated carbocycles. The lowest BCUT2D eigenvalue weighted by Crippen LogP contribution is -2.35. The summed E-state index contributed by atoms with van der Waals surface area (Å²) in [7, 11) is 1.69. The van der Waals surface area contributed by atoms with Crippen molar-refractivity contribution in [3.8, 4) is 11.5 Å². The van der Waals surface area contributed by atoms with Crippen LogP contribution in [0.2, 0.25) is 0 Å². The zero-order valence-electron chi connectivity index (χ0n) is 18.8. The number of fused-ring (bicyclic) bond motifs is 1. The first kappa shape index (κ1) is 21.2. The molecule has 4 heteroatoms. The van der Waals surface area contributed by atoms with Crippen molar-refractivity contribution in [2.45, 2.75) is 39.7 Å². The zero-order valence-corrected chi connectivity index (χ0v) is 18.8. The highest BCUT2D eigenvalue weighted by molar-refractivity contribution is 5.38. The average Bonchev–Trinajstić information content (AvgIpc) is 3.20. The van der Waals surface area contributed by atoms with Crippen LogP contribution in [0.1, 0.15) is 35.1 Å². The van der Waals surface area contributed by atoms with Crippen LogP contribution in [0.5, 0.6) is 11.5 Å². The maximum Gasteiger partial charge on any atom is 0.119 e. The third kappa shape index (κ3) is 5.35. The van der Waals surface area contributed by atoms with Crippen molar-refractivity contribution in [2.24, 2.45) is 5.92 Å². The monoisotopic (exact) mass is 408 g/mol. The van der Waals surface area contributed by atoms with Crippen LogP contribution in [-0.4, -0.2) is 56.2 Å². The highest BCUT2D eigenvalue weighted by atomic mass is 16.5. The van der Waals surface area contributed by atoms with Crippen LogP contribution in [0.15, 0.2) is 36.4 Å². The number of likely N-dealkylation sites (tertiary alicyclic amines) is 1. The second-order valence-electron chi connectivity index (χ2n) is 9.02. The maximum absolute atomic E-state index is 5.87. The van der Waals surface area contributed by atoms with Gasteiger partial charge in [0.15, 0.2) is 0 Å². The van der Waals surface area contributed by atoms with Gasteiger partial charge in [0, 0.05) is 32.7 Å². The highest BCUT2D eigenvalue weighted by Crippen LogP contribution is 2.25. The fourth-order valence-electron chi connectivity index (χ4n) is 4.85. The molecule has 0 aromatic heterocycles. The first-order valence-electron chi connectivity index (χ1n) is 11.4. The largest absolute Gasteiger partial charge is 0.497 e. The smallest absolute Gasteiger partial charge is 0.119 e. The van der Waals surface area contributed by atoms with E-state index >= 15 is 0 Å². The van der Waals surface area contributed by atoms with Crippen molar-refractivity contribution in [1.82, 2.24) is 9.80 Å². The molecule has 2 aliphatic rings. The third-order valence-corrected chi connectivity index (χ3v) is 6.74. The molecule has 1 unspecified atom stereocenters. The van der Waals surface area contributed by atoms with Crippen LogP contribution in [0.25, 0.3) is 0 Å². The van der Waals surface area contributed by atoms with E-state index in [-0.39, 0.29) is 0 Å². The Labute approximate surface area is 181 Å². The van der Waals surface area contributed by atoms with Crippen molar-refractivity contribution >= 4 is 0 Å². The van der Waals surface area contributed by atoms with Gasteiger partial charge in [-0.2, -0.15) is 0 Å². The molecule has 2 aliphatic heterocycles. The second-order valence-corrected chi connectivity index (χ2v) is 9.02. The van der Waals surface area contributed by atoms with Gasteiger partial charge in [-0.3, -0.25) is 4.90 Å². The SMILES string of the molecule is COc1ccc(OCCCN2CCC(CN3CCc4cc(C)c(C)cc4C3)C2)cc1. The van der Waals surface area contributed by atoms with E-state index in [0.717, 1.165) is 43.5 Å². The number of methoxy groups -OCH3 is 1. The summed E-state index contributed by atoms with van der Waals surface area (Å²) >= 11 is 0. The van der Waals surface area contributed by atoms with Gasteiger partial charge in [-0.05, 0) is 92.1 Å². The van der Waals surface area contributed by atoms with E-state index in [1.807, 2.05) is 24.3 Å². The van der Waals surface area contributed by atoms with Gasteiger partial charge in [0.1, 0.15) is 11.5 Å². The molecule has 4 rings (SSSR count). The van der Waals surface area contributed by atoms with E-state index in [9.17, 15) is 0 Å². The number of nitrogens with zero attached hydrogens (tertiary/aromatic N) is 2. The molecule has 1 fully saturated rings. The lowest BCUT2D eigenvalue weighted by Gasteiger charge is -2.31. The van der Waals surface area contributed by atoms with Gasteiger partial charge in [0.25, 0.3) is 0 Å². The van der Waals surface area contributed by atoms with Crippen LogP contribution in [-0.2, 0) is 13.0 Å². The van der Waals surface area contributed by atoms with Crippen LogP contribution in [0.4, 0.5) is 0 Å². The summed E-state index contributed by atoms with van der Waals surface area (Å²) in [5.74, 6) is 2.60. The summed E-state index contributed by atoms with van der Waals surface area (Å²) in [6.45, 7) is 12.4. The van der Waals surface area contributed by atoms with E-state index < -0.39 is 0 Å². The van der Waals surface area contributed by atoms with Crippen molar-refractivity contribution in [1.29, 1.82) is 0 Å².